The summed E-state index contributed by atoms with van der Waals surface area (Å²) in [6.07, 6.45) is 3.27. The molecule has 0 unspecified atom stereocenters. The van der Waals surface area contributed by atoms with E-state index in [1.165, 1.54) is 24.5 Å². The molecule has 0 radical (unpaired) electrons. The van der Waals surface area contributed by atoms with Crippen LogP contribution < -0.4 is 4.74 Å². The number of carbonyl (C=O) groups excluding carboxylic acids is 1. The molecule has 4 atom stereocenters. The van der Waals surface area contributed by atoms with Crippen molar-refractivity contribution in [2.24, 2.45) is 11.8 Å². The number of pyridine rings is 1. The van der Waals surface area contributed by atoms with E-state index in [-0.39, 0.29) is 29.7 Å². The number of halogens is 2. The molecule has 1 aliphatic heterocycles. The molecule has 1 saturated carbocycles. The van der Waals surface area contributed by atoms with E-state index in [1.807, 2.05) is 0 Å². The van der Waals surface area contributed by atoms with Crippen LogP contribution in [0.25, 0.3) is 0 Å². The van der Waals surface area contributed by atoms with Crippen LogP contribution in [-0.2, 0) is 0 Å². The molecule has 2 fully saturated rings. The number of aromatic nitrogens is 1. The second-order valence-corrected chi connectivity index (χ2v) is 7.71. The van der Waals surface area contributed by atoms with Crippen molar-refractivity contribution in [3.8, 4) is 5.75 Å². The quantitative estimate of drug-likeness (QED) is 0.874. The van der Waals surface area contributed by atoms with Gasteiger partial charge in [0.15, 0.2) is 0 Å². The van der Waals surface area contributed by atoms with Gasteiger partial charge in [-0.1, -0.05) is 11.6 Å². The first kappa shape index (κ1) is 18.2. The summed E-state index contributed by atoms with van der Waals surface area (Å²) in [6.45, 7) is 1.22. The van der Waals surface area contributed by atoms with Crippen LogP contribution in [0.5, 0.6) is 5.75 Å². The highest BCUT2D eigenvalue weighted by Crippen LogP contribution is 2.38. The van der Waals surface area contributed by atoms with Gasteiger partial charge in [-0.25, -0.2) is 4.39 Å². The van der Waals surface area contributed by atoms with Gasteiger partial charge in [-0.3, -0.25) is 9.78 Å². The first-order chi connectivity index (χ1) is 13.0. The monoisotopic (exact) mass is 390 g/mol. The summed E-state index contributed by atoms with van der Waals surface area (Å²) in [7, 11) is 0. The lowest BCUT2D eigenvalue weighted by atomic mass is 9.78. The van der Waals surface area contributed by atoms with Crippen molar-refractivity contribution >= 4 is 17.5 Å². The summed E-state index contributed by atoms with van der Waals surface area (Å²) >= 11 is 5.94. The molecule has 0 bridgehead atoms. The molecule has 4 rings (SSSR count). The Morgan fingerprint density at radius 1 is 1.19 bits per heavy atom. The molecule has 1 aromatic heterocycles. The number of hydrogen-bond donors (Lipinski definition) is 1. The third-order valence-corrected chi connectivity index (χ3v) is 5.63. The second kappa shape index (κ2) is 7.44. The number of aliphatic hydroxyl groups is 1. The molecular formula is C20H20ClFN2O3. The van der Waals surface area contributed by atoms with Crippen molar-refractivity contribution in [1.82, 2.24) is 9.88 Å². The van der Waals surface area contributed by atoms with E-state index in [4.69, 9.17) is 16.3 Å². The van der Waals surface area contributed by atoms with E-state index >= 15 is 0 Å². The van der Waals surface area contributed by atoms with Crippen LogP contribution in [0.2, 0.25) is 5.02 Å². The normalized spacial score (nSPS) is 27.3. The van der Waals surface area contributed by atoms with Gasteiger partial charge in [0.1, 0.15) is 17.7 Å². The van der Waals surface area contributed by atoms with Gasteiger partial charge in [0.25, 0.3) is 5.91 Å². The van der Waals surface area contributed by atoms with Crippen molar-refractivity contribution in [2.45, 2.75) is 25.0 Å². The zero-order chi connectivity index (χ0) is 19.0. The molecule has 142 valence electrons. The van der Waals surface area contributed by atoms with Crippen LogP contribution in [0, 0.1) is 17.7 Å². The topological polar surface area (TPSA) is 62.7 Å². The van der Waals surface area contributed by atoms with E-state index in [1.54, 1.807) is 23.1 Å². The molecule has 27 heavy (non-hydrogen) atoms. The third kappa shape index (κ3) is 3.92. The lowest BCUT2D eigenvalue weighted by Crippen LogP contribution is -2.42. The molecular weight excluding hydrogens is 371 g/mol. The summed E-state index contributed by atoms with van der Waals surface area (Å²) in [6, 6.07) is 7.41. The van der Waals surface area contributed by atoms with Gasteiger partial charge in [0.2, 0.25) is 0 Å². The van der Waals surface area contributed by atoms with E-state index in [9.17, 15) is 14.3 Å². The largest absolute Gasteiger partial charge is 0.488 e. The second-order valence-electron chi connectivity index (χ2n) is 7.27. The highest BCUT2D eigenvalue weighted by molar-refractivity contribution is 6.30. The standard InChI is InChI=1S/C20H20ClFN2O3/c21-15-5-12(8-23-9-15)20(26)24-10-13-6-18(25)19(7-14(13)11-24)27-17-3-1-16(22)2-4-17/h1-5,8-9,13-14,18-19,25H,6-7,10-11H2/t13-,14+,18+,19+/m0/s1. The summed E-state index contributed by atoms with van der Waals surface area (Å²) in [5, 5.41) is 10.9. The van der Waals surface area contributed by atoms with Crippen molar-refractivity contribution < 1.29 is 19.0 Å². The van der Waals surface area contributed by atoms with E-state index in [0.29, 0.717) is 42.3 Å². The maximum atomic E-state index is 13.0. The number of aliphatic hydroxyl groups excluding tert-OH is 1. The Bertz CT molecular complexity index is 832. The van der Waals surface area contributed by atoms with Crippen LogP contribution in [0.15, 0.2) is 42.7 Å². The zero-order valence-corrected chi connectivity index (χ0v) is 15.3. The molecule has 1 saturated heterocycles. The van der Waals surface area contributed by atoms with Gasteiger partial charge in [-0.15, -0.1) is 0 Å². The van der Waals surface area contributed by atoms with Crippen LogP contribution >= 0.6 is 11.6 Å². The molecule has 2 aliphatic rings. The van der Waals surface area contributed by atoms with Gasteiger partial charge in [-0.05, 0) is 55.0 Å². The number of benzene rings is 1. The highest BCUT2D eigenvalue weighted by atomic mass is 35.5. The molecule has 0 spiro atoms. The summed E-state index contributed by atoms with van der Waals surface area (Å²) in [5.74, 6) is 0.617. The Labute approximate surface area is 161 Å². The van der Waals surface area contributed by atoms with Gasteiger partial charge in [0.05, 0.1) is 16.7 Å². The molecule has 2 aromatic rings. The van der Waals surface area contributed by atoms with Crippen LogP contribution in [-0.4, -0.2) is 46.2 Å². The van der Waals surface area contributed by atoms with Gasteiger partial charge >= 0.3 is 0 Å². The maximum absolute atomic E-state index is 13.0. The fourth-order valence-corrected chi connectivity index (χ4v) is 4.26. The molecule has 1 aromatic carbocycles. The number of ether oxygens (including phenoxy) is 1. The van der Waals surface area contributed by atoms with E-state index < -0.39 is 6.10 Å². The Hall–Kier alpha value is -2.18. The Morgan fingerprint density at radius 3 is 2.59 bits per heavy atom. The minimum absolute atomic E-state index is 0.0927. The molecule has 1 N–H and O–H groups in total. The minimum Gasteiger partial charge on any atom is -0.488 e. The maximum Gasteiger partial charge on any atom is 0.255 e. The minimum atomic E-state index is -0.612. The number of likely N-dealkylation sites (tertiary alicyclic amines) is 1. The first-order valence-corrected chi connectivity index (χ1v) is 9.37. The van der Waals surface area contributed by atoms with Gasteiger partial charge in [0, 0.05) is 25.5 Å². The smallest absolute Gasteiger partial charge is 0.255 e. The number of hydrogen-bond acceptors (Lipinski definition) is 4. The summed E-state index contributed by atoms with van der Waals surface area (Å²) in [4.78, 5) is 18.5. The number of rotatable bonds is 3. The Balaban J connectivity index is 1.42. The van der Waals surface area contributed by atoms with E-state index in [0.717, 1.165) is 0 Å². The fourth-order valence-electron chi connectivity index (χ4n) is 4.08. The molecule has 7 heteroatoms. The van der Waals surface area contributed by atoms with Crippen molar-refractivity contribution in [1.29, 1.82) is 0 Å². The SMILES string of the molecule is O=C(c1cncc(Cl)c1)N1C[C@H]2C[C@@H](Oc3ccc(F)cc3)[C@H](O)C[C@H]2C1. The number of amides is 1. The van der Waals surface area contributed by atoms with Crippen LogP contribution in [0.4, 0.5) is 4.39 Å². The molecule has 5 nitrogen and oxygen atoms in total. The lowest BCUT2D eigenvalue weighted by molar-refractivity contribution is -0.0231. The van der Waals surface area contributed by atoms with Crippen molar-refractivity contribution in [2.75, 3.05) is 13.1 Å². The third-order valence-electron chi connectivity index (χ3n) is 5.43. The molecule has 1 amide bonds. The van der Waals surface area contributed by atoms with Crippen LogP contribution in [0.1, 0.15) is 23.2 Å². The Morgan fingerprint density at radius 2 is 1.89 bits per heavy atom. The number of carbonyl (C=O) groups is 1. The van der Waals surface area contributed by atoms with E-state index in [2.05, 4.69) is 4.98 Å². The van der Waals surface area contributed by atoms with Crippen molar-refractivity contribution in [3.63, 3.8) is 0 Å². The van der Waals surface area contributed by atoms with Gasteiger partial charge < -0.3 is 14.7 Å². The fraction of sp³-hybridized carbons (Fsp3) is 0.400. The predicted octanol–water partition coefficient (Wildman–Crippen LogP) is 3.16. The average Bonchev–Trinajstić information content (AvgIpc) is 3.06. The van der Waals surface area contributed by atoms with Crippen LogP contribution in [0.3, 0.4) is 0 Å². The van der Waals surface area contributed by atoms with Gasteiger partial charge in [-0.2, -0.15) is 0 Å². The number of fused-ring (bicyclic) bond motifs is 1. The molecule has 2 heterocycles. The molecule has 1 aliphatic carbocycles. The highest BCUT2D eigenvalue weighted by Gasteiger charge is 2.44. The van der Waals surface area contributed by atoms with Crippen molar-refractivity contribution in [3.05, 3.63) is 59.1 Å². The predicted molar refractivity (Wildman–Crippen MR) is 98.2 cm³/mol. The Kier molecular flexibility index (Phi) is 5.02. The first-order valence-electron chi connectivity index (χ1n) is 8.99. The summed E-state index contributed by atoms with van der Waals surface area (Å²) < 4.78 is 18.9. The zero-order valence-electron chi connectivity index (χ0n) is 14.6. The summed E-state index contributed by atoms with van der Waals surface area (Å²) in [5.41, 5.74) is 0.473. The number of nitrogens with zero attached hydrogens (tertiary/aromatic N) is 2. The average molecular weight is 391 g/mol. The lowest BCUT2D eigenvalue weighted by Gasteiger charge is -2.35.